The van der Waals surface area contributed by atoms with Crippen LogP contribution in [0.15, 0.2) is 55.3 Å². The number of sulfonamides is 1. The summed E-state index contributed by atoms with van der Waals surface area (Å²) in [6.45, 7) is 1.42. The Morgan fingerprint density at radius 2 is 1.91 bits per heavy atom. The Morgan fingerprint density at radius 1 is 1.26 bits per heavy atom. The van der Waals surface area contributed by atoms with Gasteiger partial charge in [0.05, 0.1) is 25.6 Å². The molecule has 0 heterocycles. The van der Waals surface area contributed by atoms with Crippen LogP contribution in [0.1, 0.15) is 6.92 Å². The Morgan fingerprint density at radius 3 is 2.52 bits per heavy atom. The molecule has 0 aromatic heterocycles. The Labute approximate surface area is 141 Å². The minimum absolute atomic E-state index is 0.105. The van der Waals surface area contributed by atoms with Crippen LogP contribution in [0.25, 0.3) is 0 Å². The monoisotopic (exact) mass is 374 g/mol. The molecule has 0 bridgehead atoms. The van der Waals surface area contributed by atoms with Gasteiger partial charge in [0.1, 0.15) is 0 Å². The SMILES string of the molecule is CC1=C(Cl)C(=O)C(Cl)=C/C1=N\S(=O)(=O)c1cccc([N+](=O)[O-])c1. The molecule has 1 aliphatic carbocycles. The van der Waals surface area contributed by atoms with Gasteiger partial charge >= 0.3 is 0 Å². The predicted molar refractivity (Wildman–Crippen MR) is 85.2 cm³/mol. The molecule has 10 heteroatoms. The fourth-order valence-corrected chi connectivity index (χ4v) is 3.23. The molecule has 7 nitrogen and oxygen atoms in total. The second-order valence-electron chi connectivity index (χ2n) is 4.47. The Kier molecular flexibility index (Phi) is 4.69. The molecular formula is C13H8Cl2N2O5S. The first-order valence-corrected chi connectivity index (χ1v) is 8.21. The van der Waals surface area contributed by atoms with E-state index in [0.29, 0.717) is 0 Å². The summed E-state index contributed by atoms with van der Waals surface area (Å²) in [6, 6.07) is 4.45. The highest BCUT2D eigenvalue weighted by molar-refractivity contribution is 7.90. The van der Waals surface area contributed by atoms with Crippen LogP contribution in [-0.4, -0.2) is 24.8 Å². The highest BCUT2D eigenvalue weighted by Gasteiger charge is 2.25. The average molecular weight is 375 g/mol. The first-order valence-electron chi connectivity index (χ1n) is 6.01. The van der Waals surface area contributed by atoms with Crippen molar-refractivity contribution in [3.8, 4) is 0 Å². The third kappa shape index (κ3) is 3.49. The number of non-ortho nitro benzene ring substituents is 1. The number of nitrogens with zero attached hydrogens (tertiary/aromatic N) is 2. The van der Waals surface area contributed by atoms with Gasteiger partial charge in [0, 0.05) is 12.1 Å². The lowest BCUT2D eigenvalue weighted by atomic mass is 10.0. The molecule has 0 unspecified atom stereocenters. The van der Waals surface area contributed by atoms with Crippen LogP contribution in [0.4, 0.5) is 5.69 Å². The van der Waals surface area contributed by atoms with Crippen LogP contribution in [0.2, 0.25) is 0 Å². The zero-order chi connectivity index (χ0) is 17.4. The summed E-state index contributed by atoms with van der Waals surface area (Å²) in [4.78, 5) is 21.2. The highest BCUT2D eigenvalue weighted by Crippen LogP contribution is 2.27. The maximum Gasteiger partial charge on any atom is 0.283 e. The van der Waals surface area contributed by atoms with E-state index in [1.807, 2.05) is 0 Å². The van der Waals surface area contributed by atoms with Gasteiger partial charge in [-0.05, 0) is 24.6 Å². The van der Waals surface area contributed by atoms with Gasteiger partial charge < -0.3 is 0 Å². The van der Waals surface area contributed by atoms with Crippen LogP contribution in [0, 0.1) is 10.1 Å². The summed E-state index contributed by atoms with van der Waals surface area (Å²) in [6.07, 6.45) is 1.08. The number of carbonyl (C=O) groups is 1. The number of nitro benzene ring substituents is 1. The van der Waals surface area contributed by atoms with E-state index >= 15 is 0 Å². The lowest BCUT2D eigenvalue weighted by Crippen LogP contribution is -2.14. The van der Waals surface area contributed by atoms with Crippen molar-refractivity contribution in [2.24, 2.45) is 4.40 Å². The number of carbonyl (C=O) groups excluding carboxylic acids is 1. The highest BCUT2D eigenvalue weighted by atomic mass is 35.5. The van der Waals surface area contributed by atoms with Crippen molar-refractivity contribution in [3.05, 3.63) is 56.1 Å². The van der Waals surface area contributed by atoms with Crippen LogP contribution in [-0.2, 0) is 14.8 Å². The molecule has 1 aromatic rings. The lowest BCUT2D eigenvalue weighted by Gasteiger charge is -2.11. The maximum absolute atomic E-state index is 12.3. The normalized spacial score (nSPS) is 17.4. The zero-order valence-electron chi connectivity index (χ0n) is 11.5. The molecular weight excluding hydrogens is 367 g/mol. The fourth-order valence-electron chi connectivity index (χ4n) is 1.72. The molecule has 0 radical (unpaired) electrons. The van der Waals surface area contributed by atoms with E-state index in [2.05, 4.69) is 4.40 Å². The van der Waals surface area contributed by atoms with E-state index in [4.69, 9.17) is 23.2 Å². The molecule has 23 heavy (non-hydrogen) atoms. The van der Waals surface area contributed by atoms with Gasteiger partial charge in [0.25, 0.3) is 15.7 Å². The maximum atomic E-state index is 12.3. The summed E-state index contributed by atoms with van der Waals surface area (Å²) < 4.78 is 28.1. The van der Waals surface area contributed by atoms with Crippen molar-refractivity contribution in [1.82, 2.24) is 0 Å². The molecule has 0 fully saturated rings. The summed E-state index contributed by atoms with van der Waals surface area (Å²) in [7, 11) is -4.24. The molecule has 120 valence electrons. The van der Waals surface area contributed by atoms with Gasteiger partial charge in [-0.2, -0.15) is 12.8 Å². The van der Waals surface area contributed by atoms with E-state index < -0.39 is 20.7 Å². The summed E-state index contributed by atoms with van der Waals surface area (Å²) in [5.74, 6) is -0.627. The Bertz CT molecular complexity index is 916. The van der Waals surface area contributed by atoms with E-state index in [9.17, 15) is 23.3 Å². The number of benzene rings is 1. The molecule has 0 saturated heterocycles. The summed E-state index contributed by atoms with van der Waals surface area (Å²) >= 11 is 11.5. The van der Waals surface area contributed by atoms with Gasteiger partial charge in [-0.15, -0.1) is 0 Å². The second-order valence-corrected chi connectivity index (χ2v) is 6.86. The first-order chi connectivity index (χ1) is 10.6. The lowest BCUT2D eigenvalue weighted by molar-refractivity contribution is -0.385. The first kappa shape index (κ1) is 17.3. The number of hydrogen-bond donors (Lipinski definition) is 0. The van der Waals surface area contributed by atoms with Crippen molar-refractivity contribution in [1.29, 1.82) is 0 Å². The zero-order valence-corrected chi connectivity index (χ0v) is 13.8. The van der Waals surface area contributed by atoms with Crippen LogP contribution >= 0.6 is 23.2 Å². The Balaban J connectivity index is 2.55. The number of Topliss-reactive ketones (excluding diaryl/α,β-unsaturated/α-hetero) is 1. The molecule has 0 amide bonds. The molecule has 0 spiro atoms. The standard InChI is InChI=1S/C13H8Cl2N2O5S/c1-7-11(6-10(14)13(18)12(7)15)16-23(21,22)9-4-2-3-8(5-9)17(19)20/h2-6H,1H3/b16-11+. The van der Waals surface area contributed by atoms with E-state index in [0.717, 1.165) is 18.2 Å². The fraction of sp³-hybridized carbons (Fsp3) is 0.0769. The second kappa shape index (κ2) is 6.23. The van der Waals surface area contributed by atoms with Crippen molar-refractivity contribution < 1.29 is 18.1 Å². The van der Waals surface area contributed by atoms with Crippen LogP contribution < -0.4 is 0 Å². The molecule has 0 atom stereocenters. The van der Waals surface area contributed by atoms with E-state index in [1.165, 1.54) is 19.1 Å². The summed E-state index contributed by atoms with van der Waals surface area (Å²) in [5, 5.41) is 10.2. The third-order valence-electron chi connectivity index (χ3n) is 2.94. The smallest absolute Gasteiger partial charge is 0.283 e. The summed E-state index contributed by atoms with van der Waals surface area (Å²) in [5.41, 5.74) is -0.342. The Hall–Kier alpha value is -2.03. The minimum Gasteiger partial charge on any atom is -0.287 e. The van der Waals surface area contributed by atoms with Crippen molar-refractivity contribution in [2.75, 3.05) is 0 Å². The van der Waals surface area contributed by atoms with Gasteiger partial charge in [-0.1, -0.05) is 29.3 Å². The van der Waals surface area contributed by atoms with Gasteiger partial charge in [-0.25, -0.2) is 0 Å². The molecule has 0 saturated carbocycles. The molecule has 0 N–H and O–H groups in total. The largest absolute Gasteiger partial charge is 0.287 e. The number of hydrogen-bond acceptors (Lipinski definition) is 5. The number of allylic oxidation sites excluding steroid dienone is 4. The topological polar surface area (TPSA) is 107 Å². The third-order valence-corrected chi connectivity index (χ3v) is 4.96. The average Bonchev–Trinajstić information content (AvgIpc) is 2.50. The molecule has 1 aliphatic rings. The predicted octanol–water partition coefficient (Wildman–Crippen LogP) is 2.94. The molecule has 1 aromatic carbocycles. The number of ketones is 1. The quantitative estimate of drug-likeness (QED) is 0.459. The molecule has 2 rings (SSSR count). The number of rotatable bonds is 3. The van der Waals surface area contributed by atoms with Crippen molar-refractivity contribution in [2.45, 2.75) is 11.8 Å². The molecule has 0 aliphatic heterocycles. The van der Waals surface area contributed by atoms with Gasteiger partial charge in [-0.3, -0.25) is 14.9 Å². The van der Waals surface area contributed by atoms with E-state index in [-0.39, 0.29) is 31.9 Å². The van der Waals surface area contributed by atoms with Crippen molar-refractivity contribution in [3.63, 3.8) is 0 Å². The van der Waals surface area contributed by atoms with Crippen LogP contribution in [0.5, 0.6) is 0 Å². The van der Waals surface area contributed by atoms with Crippen LogP contribution in [0.3, 0.4) is 0 Å². The van der Waals surface area contributed by atoms with E-state index in [1.54, 1.807) is 0 Å². The number of nitro groups is 1. The van der Waals surface area contributed by atoms with Gasteiger partial charge in [0.2, 0.25) is 5.78 Å². The van der Waals surface area contributed by atoms with Crippen molar-refractivity contribution >= 4 is 50.4 Å². The van der Waals surface area contributed by atoms with Gasteiger partial charge in [0.15, 0.2) is 0 Å². The number of halogens is 2. The minimum atomic E-state index is -4.24.